The fourth-order valence-corrected chi connectivity index (χ4v) is 2.16. The van der Waals surface area contributed by atoms with Gasteiger partial charge in [0.25, 0.3) is 5.91 Å². The lowest BCUT2D eigenvalue weighted by atomic mass is 10.1. The number of fused-ring (bicyclic) bond motifs is 1. The average Bonchev–Trinajstić information content (AvgIpc) is 2.73. The normalized spacial score (nSPS) is 19.5. The maximum absolute atomic E-state index is 11.7. The molecule has 0 bridgehead atoms. The Morgan fingerprint density at radius 3 is 3.00 bits per heavy atom. The molecule has 1 amide bonds. The molecule has 84 valence electrons. The summed E-state index contributed by atoms with van der Waals surface area (Å²) in [6.07, 6.45) is 1.77. The summed E-state index contributed by atoms with van der Waals surface area (Å²) in [7, 11) is 0. The van der Waals surface area contributed by atoms with Gasteiger partial charge >= 0.3 is 0 Å². The number of nitrogens with one attached hydrogen (secondary N) is 1. The molecule has 1 fully saturated rings. The van der Waals surface area contributed by atoms with Gasteiger partial charge in [0.15, 0.2) is 0 Å². The van der Waals surface area contributed by atoms with Crippen molar-refractivity contribution >= 4 is 11.7 Å². The van der Waals surface area contributed by atoms with E-state index in [9.17, 15) is 4.79 Å². The van der Waals surface area contributed by atoms with Crippen molar-refractivity contribution in [2.24, 2.45) is 0 Å². The first-order chi connectivity index (χ1) is 7.86. The summed E-state index contributed by atoms with van der Waals surface area (Å²) in [5, 5.41) is 2.83. The molecule has 0 aliphatic carbocycles. The van der Waals surface area contributed by atoms with E-state index in [2.05, 4.69) is 15.2 Å². The van der Waals surface area contributed by atoms with Crippen molar-refractivity contribution in [1.29, 1.82) is 0 Å². The van der Waals surface area contributed by atoms with E-state index >= 15 is 0 Å². The van der Waals surface area contributed by atoms with Gasteiger partial charge < -0.3 is 15.0 Å². The topological polar surface area (TPSA) is 54.5 Å². The number of carbonyl (C=O) groups excluding carboxylic acids is 1. The molecule has 0 saturated carbocycles. The van der Waals surface area contributed by atoms with Gasteiger partial charge in [-0.05, 0) is 11.6 Å². The highest BCUT2D eigenvalue weighted by atomic mass is 16.5. The number of rotatable bonds is 1. The zero-order chi connectivity index (χ0) is 11.0. The van der Waals surface area contributed by atoms with E-state index in [0.29, 0.717) is 19.8 Å². The highest BCUT2D eigenvalue weighted by Crippen LogP contribution is 2.25. The first kappa shape index (κ1) is 9.59. The molecule has 0 radical (unpaired) electrons. The summed E-state index contributed by atoms with van der Waals surface area (Å²) in [5.41, 5.74) is 1.78. The second-order valence-electron chi connectivity index (χ2n) is 3.95. The minimum atomic E-state index is -0.00964. The van der Waals surface area contributed by atoms with E-state index in [-0.39, 0.29) is 5.91 Å². The Bertz CT molecular complexity index is 427. The number of anilines is 1. The van der Waals surface area contributed by atoms with Gasteiger partial charge in [-0.15, -0.1) is 0 Å². The van der Waals surface area contributed by atoms with Crippen LogP contribution in [0.25, 0.3) is 0 Å². The van der Waals surface area contributed by atoms with E-state index in [1.165, 1.54) is 0 Å². The first-order valence-corrected chi connectivity index (χ1v) is 5.45. The highest BCUT2D eigenvalue weighted by molar-refractivity contribution is 6.02. The van der Waals surface area contributed by atoms with Gasteiger partial charge in [-0.1, -0.05) is 0 Å². The standard InChI is InChI=1S/C11H13N3O2/c15-11-9-8(7-13-11)1-2-12-10(9)14-3-5-16-6-4-14/h1-2H,3-7H2,(H,13,15). The summed E-state index contributed by atoms with van der Waals surface area (Å²) >= 11 is 0. The monoisotopic (exact) mass is 219 g/mol. The molecule has 0 atom stereocenters. The Labute approximate surface area is 93.4 Å². The number of ether oxygens (including phenoxy) is 1. The number of nitrogens with zero attached hydrogens (tertiary/aromatic N) is 2. The minimum absolute atomic E-state index is 0.00964. The van der Waals surface area contributed by atoms with Gasteiger partial charge in [-0.2, -0.15) is 0 Å². The number of hydrogen-bond acceptors (Lipinski definition) is 4. The predicted molar refractivity (Wildman–Crippen MR) is 58.4 cm³/mol. The van der Waals surface area contributed by atoms with Crippen LogP contribution in [0.5, 0.6) is 0 Å². The van der Waals surface area contributed by atoms with Gasteiger partial charge in [0.05, 0.1) is 18.8 Å². The van der Waals surface area contributed by atoms with Crippen LogP contribution in [0.3, 0.4) is 0 Å². The third kappa shape index (κ3) is 1.44. The van der Waals surface area contributed by atoms with Crippen LogP contribution in [0.15, 0.2) is 12.3 Å². The van der Waals surface area contributed by atoms with E-state index in [4.69, 9.17) is 4.74 Å². The van der Waals surface area contributed by atoms with E-state index in [1.54, 1.807) is 6.20 Å². The molecular weight excluding hydrogens is 206 g/mol. The van der Waals surface area contributed by atoms with E-state index < -0.39 is 0 Å². The van der Waals surface area contributed by atoms with E-state index in [1.807, 2.05) is 6.07 Å². The number of amides is 1. The van der Waals surface area contributed by atoms with Crippen molar-refractivity contribution in [1.82, 2.24) is 10.3 Å². The summed E-state index contributed by atoms with van der Waals surface area (Å²) in [6, 6.07) is 1.90. The Morgan fingerprint density at radius 1 is 1.38 bits per heavy atom. The lowest BCUT2D eigenvalue weighted by Crippen LogP contribution is -2.37. The van der Waals surface area contributed by atoms with Crippen molar-refractivity contribution < 1.29 is 9.53 Å². The van der Waals surface area contributed by atoms with Crippen LogP contribution >= 0.6 is 0 Å². The van der Waals surface area contributed by atoms with Gasteiger partial charge in [0.2, 0.25) is 0 Å². The summed E-state index contributed by atoms with van der Waals surface area (Å²) in [6.45, 7) is 3.63. The molecule has 16 heavy (non-hydrogen) atoms. The van der Waals surface area contributed by atoms with Crippen LogP contribution in [0.1, 0.15) is 15.9 Å². The molecule has 0 aromatic carbocycles. The number of pyridine rings is 1. The summed E-state index contributed by atoms with van der Waals surface area (Å²) in [4.78, 5) is 18.2. The van der Waals surface area contributed by atoms with Crippen molar-refractivity contribution in [3.05, 3.63) is 23.4 Å². The molecule has 3 heterocycles. The Hall–Kier alpha value is -1.62. The lowest BCUT2D eigenvalue weighted by Gasteiger charge is -2.28. The average molecular weight is 219 g/mol. The molecule has 5 heteroatoms. The lowest BCUT2D eigenvalue weighted by molar-refractivity contribution is 0.0964. The number of aromatic nitrogens is 1. The van der Waals surface area contributed by atoms with Gasteiger partial charge in [-0.25, -0.2) is 4.98 Å². The zero-order valence-electron chi connectivity index (χ0n) is 8.90. The van der Waals surface area contributed by atoms with Crippen LogP contribution in [-0.2, 0) is 11.3 Å². The quantitative estimate of drug-likeness (QED) is 0.731. The molecule has 0 spiro atoms. The van der Waals surface area contributed by atoms with Crippen molar-refractivity contribution in [2.45, 2.75) is 6.54 Å². The second kappa shape index (κ2) is 3.75. The zero-order valence-corrected chi connectivity index (χ0v) is 8.90. The van der Waals surface area contributed by atoms with Crippen LogP contribution in [0.4, 0.5) is 5.82 Å². The second-order valence-corrected chi connectivity index (χ2v) is 3.95. The maximum atomic E-state index is 11.7. The smallest absolute Gasteiger partial charge is 0.255 e. The molecule has 1 saturated heterocycles. The molecule has 2 aliphatic rings. The fraction of sp³-hybridized carbons (Fsp3) is 0.455. The Balaban J connectivity index is 2.00. The fourth-order valence-electron chi connectivity index (χ4n) is 2.16. The predicted octanol–water partition coefficient (Wildman–Crippen LogP) is 0.162. The molecule has 1 N–H and O–H groups in total. The summed E-state index contributed by atoms with van der Waals surface area (Å²) < 4.78 is 5.30. The molecule has 5 nitrogen and oxygen atoms in total. The minimum Gasteiger partial charge on any atom is -0.378 e. The molecular formula is C11H13N3O2. The molecule has 2 aliphatic heterocycles. The molecule has 0 unspecified atom stereocenters. The first-order valence-electron chi connectivity index (χ1n) is 5.45. The SMILES string of the molecule is O=C1NCc2ccnc(N3CCOCC3)c21. The molecule has 3 rings (SSSR count). The highest BCUT2D eigenvalue weighted by Gasteiger charge is 2.26. The van der Waals surface area contributed by atoms with Crippen LogP contribution in [0, 0.1) is 0 Å². The van der Waals surface area contributed by atoms with E-state index in [0.717, 1.165) is 30.0 Å². The van der Waals surface area contributed by atoms with Crippen molar-refractivity contribution in [3.63, 3.8) is 0 Å². The maximum Gasteiger partial charge on any atom is 0.255 e. The van der Waals surface area contributed by atoms with Gasteiger partial charge in [0, 0.05) is 25.8 Å². The van der Waals surface area contributed by atoms with Crippen LogP contribution < -0.4 is 10.2 Å². The van der Waals surface area contributed by atoms with Crippen LogP contribution in [-0.4, -0.2) is 37.2 Å². The third-order valence-corrected chi connectivity index (χ3v) is 2.99. The number of morpholine rings is 1. The largest absolute Gasteiger partial charge is 0.378 e. The van der Waals surface area contributed by atoms with Gasteiger partial charge in [-0.3, -0.25) is 4.79 Å². The number of carbonyl (C=O) groups is 1. The summed E-state index contributed by atoms with van der Waals surface area (Å²) in [5.74, 6) is 0.792. The third-order valence-electron chi connectivity index (χ3n) is 2.99. The Morgan fingerprint density at radius 2 is 2.19 bits per heavy atom. The van der Waals surface area contributed by atoms with Crippen molar-refractivity contribution in [2.75, 3.05) is 31.2 Å². The van der Waals surface area contributed by atoms with Crippen LogP contribution in [0.2, 0.25) is 0 Å². The number of hydrogen-bond donors (Lipinski definition) is 1. The van der Waals surface area contributed by atoms with Gasteiger partial charge in [0.1, 0.15) is 5.82 Å². The molecule has 1 aromatic heterocycles. The van der Waals surface area contributed by atoms with Crippen molar-refractivity contribution in [3.8, 4) is 0 Å². The molecule has 1 aromatic rings. The Kier molecular flexibility index (Phi) is 2.25.